The van der Waals surface area contributed by atoms with E-state index in [1.807, 2.05) is 55.5 Å². The van der Waals surface area contributed by atoms with E-state index >= 15 is 0 Å². The summed E-state index contributed by atoms with van der Waals surface area (Å²) in [6.45, 7) is 2.24. The summed E-state index contributed by atoms with van der Waals surface area (Å²) in [6.07, 6.45) is 0. The van der Waals surface area contributed by atoms with Crippen LogP contribution < -0.4 is 20.8 Å². The Balaban J connectivity index is 1.44. The molecule has 0 saturated heterocycles. The van der Waals surface area contributed by atoms with E-state index in [4.69, 9.17) is 29.0 Å². The first kappa shape index (κ1) is 25.8. The van der Waals surface area contributed by atoms with Crippen molar-refractivity contribution in [3.63, 3.8) is 0 Å². The Morgan fingerprint density at radius 1 is 1.05 bits per heavy atom. The van der Waals surface area contributed by atoms with E-state index in [-0.39, 0.29) is 21.6 Å². The molecule has 0 unspecified atom stereocenters. The van der Waals surface area contributed by atoms with E-state index in [2.05, 4.69) is 15.8 Å². The number of rotatable bonds is 5. The number of nitrogens with one attached hydrogen (secondary N) is 2. The van der Waals surface area contributed by atoms with Gasteiger partial charge >= 0.3 is 0 Å². The summed E-state index contributed by atoms with van der Waals surface area (Å²) < 4.78 is 23.3. The van der Waals surface area contributed by atoms with Gasteiger partial charge in [-0.25, -0.2) is 13.6 Å². The molecule has 1 aliphatic rings. The third-order valence-corrected chi connectivity index (χ3v) is 7.46. The van der Waals surface area contributed by atoms with Crippen LogP contribution in [0.15, 0.2) is 88.9 Å². The number of hydrazone groups is 1. The van der Waals surface area contributed by atoms with Crippen molar-refractivity contribution < 1.29 is 13.2 Å². The summed E-state index contributed by atoms with van der Waals surface area (Å²) in [5, 5.41) is 15.1. The minimum absolute atomic E-state index is 0.0599. The second-order valence-corrected chi connectivity index (χ2v) is 11.2. The van der Waals surface area contributed by atoms with Gasteiger partial charge in [-0.2, -0.15) is 5.10 Å². The largest absolute Gasteiger partial charge is 0.331 e. The van der Waals surface area contributed by atoms with Gasteiger partial charge in [-0.05, 0) is 71.4 Å². The maximum Gasteiger partial charge on any atom is 0.279 e. The molecule has 38 heavy (non-hydrogen) atoms. The number of carbonyl (C=O) groups is 1. The number of anilines is 2. The number of primary sulfonamides is 1. The van der Waals surface area contributed by atoms with Crippen molar-refractivity contribution in [1.82, 2.24) is 5.43 Å². The van der Waals surface area contributed by atoms with Crippen LogP contribution in [0.2, 0.25) is 5.02 Å². The molecule has 4 N–H and O–H groups in total. The van der Waals surface area contributed by atoms with Gasteiger partial charge in [0.2, 0.25) is 10.0 Å². The Kier molecular flexibility index (Phi) is 6.89. The molecule has 0 radical (unpaired) electrons. The van der Waals surface area contributed by atoms with Crippen LogP contribution in [-0.4, -0.2) is 25.1 Å². The molecule has 4 aromatic carbocycles. The number of hydrogen-bond acceptors (Lipinski definition) is 5. The second-order valence-electron chi connectivity index (χ2n) is 8.75. The minimum Gasteiger partial charge on any atom is -0.331 e. The highest BCUT2D eigenvalue weighted by atomic mass is 35.5. The fourth-order valence-electron chi connectivity index (χ4n) is 4.50. The van der Waals surface area contributed by atoms with E-state index in [0.717, 1.165) is 27.6 Å². The lowest BCUT2D eigenvalue weighted by atomic mass is 10.0. The van der Waals surface area contributed by atoms with Gasteiger partial charge in [-0.15, -0.1) is 0 Å². The molecule has 5 rings (SSSR count). The topological polar surface area (TPSA) is 117 Å². The third-order valence-electron chi connectivity index (χ3n) is 6.14. The van der Waals surface area contributed by atoms with Crippen LogP contribution in [0.5, 0.6) is 0 Å². The fraction of sp³-hybridized carbons (Fsp3) is 0.0741. The van der Waals surface area contributed by atoms with E-state index in [1.165, 1.54) is 18.2 Å². The van der Waals surface area contributed by atoms with E-state index < -0.39 is 10.0 Å². The molecule has 0 aromatic heterocycles. The van der Waals surface area contributed by atoms with E-state index in [1.54, 1.807) is 17.0 Å². The van der Waals surface area contributed by atoms with Gasteiger partial charge in [0, 0.05) is 16.3 Å². The van der Waals surface area contributed by atoms with Crippen molar-refractivity contribution in [2.75, 3.05) is 10.2 Å². The minimum atomic E-state index is -3.88. The summed E-state index contributed by atoms with van der Waals surface area (Å²) in [7, 11) is -3.88. The molecule has 4 aromatic rings. The quantitative estimate of drug-likeness (QED) is 0.240. The van der Waals surface area contributed by atoms with Crippen molar-refractivity contribution in [2.45, 2.75) is 18.4 Å². The lowest BCUT2D eigenvalue weighted by Crippen LogP contribution is -2.32. The van der Waals surface area contributed by atoms with Crippen LogP contribution in [-0.2, 0) is 21.4 Å². The number of halogens is 1. The summed E-state index contributed by atoms with van der Waals surface area (Å²) in [4.78, 5) is 15.3. The Morgan fingerprint density at radius 3 is 2.58 bits per heavy atom. The van der Waals surface area contributed by atoms with Crippen LogP contribution in [0.3, 0.4) is 0 Å². The Labute approximate surface area is 230 Å². The molecule has 192 valence electrons. The van der Waals surface area contributed by atoms with Crippen LogP contribution in [0.4, 0.5) is 11.4 Å². The zero-order valence-electron chi connectivity index (χ0n) is 20.1. The molecule has 1 amide bonds. The number of hydrogen-bond donors (Lipinski definition) is 3. The summed E-state index contributed by atoms with van der Waals surface area (Å²) >= 11 is 11.7. The molecular weight excluding hydrogens is 542 g/mol. The van der Waals surface area contributed by atoms with E-state index in [0.29, 0.717) is 22.8 Å². The predicted octanol–water partition coefficient (Wildman–Crippen LogP) is 4.69. The van der Waals surface area contributed by atoms with Crippen molar-refractivity contribution in [2.24, 2.45) is 10.2 Å². The highest BCUT2D eigenvalue weighted by molar-refractivity contribution is 7.89. The Morgan fingerprint density at radius 2 is 1.79 bits per heavy atom. The third kappa shape index (κ3) is 5.11. The number of benzene rings is 4. The molecule has 0 spiro atoms. The maximum absolute atomic E-state index is 13.7. The standard InChI is InChI=1S/C27H22ClN5O3S2/c1-16-12-19(28)13-23-24(31-32-27(37)30-20-9-5-10-21(14-20)38(29,35)36)26(34)33(25(16)23)15-18-8-4-7-17-6-2-3-11-22(17)18/h2-14H,15H2,1H3,(H2,29,35,36)(H2,30,32,37). The number of carbonyl (C=O) groups excluding carboxylic acids is 1. The molecule has 1 aliphatic heterocycles. The first-order chi connectivity index (χ1) is 18.1. The zero-order valence-corrected chi connectivity index (χ0v) is 22.5. The van der Waals surface area contributed by atoms with Crippen LogP contribution >= 0.6 is 23.8 Å². The van der Waals surface area contributed by atoms with Crippen LogP contribution in [0.1, 0.15) is 16.7 Å². The molecular formula is C27H22ClN5O3S2. The highest BCUT2D eigenvalue weighted by Gasteiger charge is 2.36. The molecule has 0 fully saturated rings. The fourth-order valence-corrected chi connectivity index (χ4v) is 5.49. The number of amides is 1. The number of fused-ring (bicyclic) bond motifs is 2. The Bertz CT molecular complexity index is 1750. The summed E-state index contributed by atoms with van der Waals surface area (Å²) in [6, 6.07) is 23.4. The maximum atomic E-state index is 13.7. The average molecular weight is 564 g/mol. The number of aryl methyl sites for hydroxylation is 1. The van der Waals surface area contributed by atoms with Crippen molar-refractivity contribution in [1.29, 1.82) is 0 Å². The smallest absolute Gasteiger partial charge is 0.279 e. The van der Waals surface area contributed by atoms with Gasteiger partial charge < -0.3 is 10.2 Å². The first-order valence-electron chi connectivity index (χ1n) is 11.5. The molecule has 0 atom stereocenters. The molecule has 1 heterocycles. The number of nitrogens with zero attached hydrogens (tertiary/aromatic N) is 2. The molecule has 0 saturated carbocycles. The van der Waals surface area contributed by atoms with Gasteiger partial charge in [0.1, 0.15) is 0 Å². The van der Waals surface area contributed by atoms with Gasteiger partial charge in [0.25, 0.3) is 5.91 Å². The molecule has 0 aliphatic carbocycles. The van der Waals surface area contributed by atoms with Crippen molar-refractivity contribution >= 4 is 72.7 Å². The lowest BCUT2D eigenvalue weighted by molar-refractivity contribution is -0.112. The number of nitrogens with two attached hydrogens (primary N) is 1. The predicted molar refractivity (Wildman–Crippen MR) is 155 cm³/mol. The SMILES string of the molecule is Cc1cc(Cl)cc2c1N(Cc1cccc3ccccc13)C(=O)C2=NNC(=S)Nc1cccc(S(N)(=O)=O)c1. The van der Waals surface area contributed by atoms with E-state index in [9.17, 15) is 13.2 Å². The average Bonchev–Trinajstić information content (AvgIpc) is 3.13. The lowest BCUT2D eigenvalue weighted by Gasteiger charge is -2.20. The van der Waals surface area contributed by atoms with Crippen molar-refractivity contribution in [3.8, 4) is 0 Å². The van der Waals surface area contributed by atoms with Gasteiger partial charge in [0.15, 0.2) is 10.8 Å². The summed E-state index contributed by atoms with van der Waals surface area (Å²) in [5.74, 6) is -0.301. The van der Waals surface area contributed by atoms with Gasteiger partial charge in [-0.3, -0.25) is 10.2 Å². The Hall–Kier alpha value is -3.83. The van der Waals surface area contributed by atoms with Gasteiger partial charge in [-0.1, -0.05) is 60.1 Å². The van der Waals surface area contributed by atoms with Crippen LogP contribution in [0, 0.1) is 6.92 Å². The zero-order chi connectivity index (χ0) is 27.0. The number of thiocarbonyl (C=S) groups is 1. The normalized spacial score (nSPS) is 14.1. The second kappa shape index (κ2) is 10.1. The molecule has 0 bridgehead atoms. The van der Waals surface area contributed by atoms with Crippen LogP contribution in [0.25, 0.3) is 10.8 Å². The monoisotopic (exact) mass is 563 g/mol. The molecule has 11 heteroatoms. The first-order valence-corrected chi connectivity index (χ1v) is 13.8. The number of sulfonamides is 1. The van der Waals surface area contributed by atoms with Gasteiger partial charge in [0.05, 0.1) is 17.1 Å². The van der Waals surface area contributed by atoms with Crippen molar-refractivity contribution in [3.05, 3.63) is 101 Å². The highest BCUT2D eigenvalue weighted by Crippen LogP contribution is 2.37. The molecule has 8 nitrogen and oxygen atoms in total. The summed E-state index contributed by atoms with van der Waals surface area (Å²) in [5.41, 5.74) is 6.40.